The van der Waals surface area contributed by atoms with Gasteiger partial charge in [0, 0.05) is 7.05 Å². The fourth-order valence-electron chi connectivity index (χ4n) is 2.78. The summed E-state index contributed by atoms with van der Waals surface area (Å²) < 4.78 is 17.9. The van der Waals surface area contributed by atoms with Crippen molar-refractivity contribution in [1.29, 1.82) is 0 Å². The first-order valence-electron chi connectivity index (χ1n) is 9.39. The second-order valence-corrected chi connectivity index (χ2v) is 8.55. The number of likely N-dealkylation sites (N-methyl/N-ethyl adjacent to an activating group) is 1. The van der Waals surface area contributed by atoms with E-state index in [0.29, 0.717) is 45.6 Å². The molecule has 1 amide bonds. The molecule has 0 unspecified atom stereocenters. The molecule has 0 N–H and O–H groups in total. The van der Waals surface area contributed by atoms with Gasteiger partial charge in [0.1, 0.15) is 23.3 Å². The summed E-state index contributed by atoms with van der Waals surface area (Å²) in [6, 6.07) is 11.3. The molecule has 1 saturated heterocycles. The number of halogens is 1. The molecule has 2 aromatic rings. The Hall–Kier alpha value is -2.22. The van der Waals surface area contributed by atoms with Crippen LogP contribution in [0, 0.1) is 6.92 Å². The Morgan fingerprint density at radius 2 is 1.87 bits per heavy atom. The van der Waals surface area contributed by atoms with Crippen LogP contribution in [0.25, 0.3) is 6.08 Å². The van der Waals surface area contributed by atoms with E-state index in [-0.39, 0.29) is 5.91 Å². The lowest BCUT2D eigenvalue weighted by Gasteiger charge is -2.15. The Kier molecular flexibility index (Phi) is 7.64. The first-order valence-corrected chi connectivity index (χ1v) is 11.0. The van der Waals surface area contributed by atoms with Crippen LogP contribution in [-0.4, -0.2) is 42.0 Å². The highest BCUT2D eigenvalue weighted by Crippen LogP contribution is 2.39. The van der Waals surface area contributed by atoms with E-state index in [1.54, 1.807) is 25.3 Å². The van der Waals surface area contributed by atoms with Crippen molar-refractivity contribution in [2.24, 2.45) is 0 Å². The van der Waals surface area contributed by atoms with E-state index >= 15 is 0 Å². The summed E-state index contributed by atoms with van der Waals surface area (Å²) in [6.07, 6.45) is 1.75. The number of amides is 1. The van der Waals surface area contributed by atoms with Crippen LogP contribution in [0.2, 0.25) is 5.02 Å². The van der Waals surface area contributed by atoms with Gasteiger partial charge in [-0.1, -0.05) is 53.8 Å². The lowest BCUT2D eigenvalue weighted by atomic mass is 10.1. The minimum absolute atomic E-state index is 0.132. The normalized spacial score (nSPS) is 15.1. The maximum Gasteiger partial charge on any atom is 0.265 e. The predicted molar refractivity (Wildman–Crippen MR) is 126 cm³/mol. The van der Waals surface area contributed by atoms with Crippen molar-refractivity contribution in [3.63, 3.8) is 0 Å². The van der Waals surface area contributed by atoms with Gasteiger partial charge in [0.2, 0.25) is 0 Å². The molecular weight excluding hydrogens is 442 g/mol. The van der Waals surface area contributed by atoms with Gasteiger partial charge >= 0.3 is 0 Å². The average molecular weight is 464 g/mol. The third-order valence-electron chi connectivity index (χ3n) is 4.30. The van der Waals surface area contributed by atoms with E-state index in [1.807, 2.05) is 38.1 Å². The number of hydrogen-bond donors (Lipinski definition) is 0. The maximum absolute atomic E-state index is 12.2. The highest BCUT2D eigenvalue weighted by Gasteiger charge is 2.28. The Bertz CT molecular complexity index is 993. The number of carbonyl (C=O) groups is 1. The van der Waals surface area contributed by atoms with E-state index in [4.69, 9.17) is 38.0 Å². The molecule has 0 atom stereocenters. The van der Waals surface area contributed by atoms with Crippen molar-refractivity contribution in [3.8, 4) is 17.2 Å². The fourth-order valence-corrected chi connectivity index (χ4v) is 4.24. The minimum Gasteiger partial charge on any atom is -0.490 e. The number of thioether (sulfide) groups is 1. The molecule has 0 aliphatic carbocycles. The molecule has 0 radical (unpaired) electrons. The van der Waals surface area contributed by atoms with Gasteiger partial charge in [-0.3, -0.25) is 9.69 Å². The van der Waals surface area contributed by atoms with Crippen molar-refractivity contribution < 1.29 is 19.0 Å². The van der Waals surface area contributed by atoms with Gasteiger partial charge < -0.3 is 14.2 Å². The maximum atomic E-state index is 12.2. The standard InChI is InChI=1S/C22H22ClNO4S2/c1-4-26-18-12-15(13-19-21(25)24(3)22(29)30-19)11-16(23)20(18)28-10-9-27-17-8-6-5-7-14(17)2/h5-8,11-13H,4,9-10H2,1-3H3/b19-13+. The number of para-hydroxylation sites is 1. The topological polar surface area (TPSA) is 48.0 Å². The van der Waals surface area contributed by atoms with Crippen molar-refractivity contribution >= 4 is 51.9 Å². The van der Waals surface area contributed by atoms with Crippen molar-refractivity contribution in [2.75, 3.05) is 26.9 Å². The largest absolute Gasteiger partial charge is 0.490 e. The molecule has 8 heteroatoms. The summed E-state index contributed by atoms with van der Waals surface area (Å²) in [5.74, 6) is 1.65. The molecule has 2 aromatic carbocycles. The number of ether oxygens (including phenoxy) is 3. The molecule has 1 aliphatic heterocycles. The van der Waals surface area contributed by atoms with Gasteiger partial charge in [0.25, 0.3) is 5.91 Å². The van der Waals surface area contributed by atoms with Crippen LogP contribution >= 0.6 is 35.6 Å². The van der Waals surface area contributed by atoms with E-state index in [1.165, 1.54) is 16.7 Å². The quantitative estimate of drug-likeness (QED) is 0.299. The summed E-state index contributed by atoms with van der Waals surface area (Å²) in [6.45, 7) is 5.00. The Morgan fingerprint density at radius 1 is 1.13 bits per heavy atom. The van der Waals surface area contributed by atoms with Gasteiger partial charge in [-0.05, 0) is 49.2 Å². The zero-order valence-corrected chi connectivity index (χ0v) is 19.3. The van der Waals surface area contributed by atoms with Gasteiger partial charge in [0.15, 0.2) is 11.5 Å². The highest BCUT2D eigenvalue weighted by molar-refractivity contribution is 8.26. The third kappa shape index (κ3) is 5.28. The number of thiocarbonyl (C=S) groups is 1. The summed E-state index contributed by atoms with van der Waals surface area (Å²) >= 11 is 12.9. The Morgan fingerprint density at radius 3 is 2.53 bits per heavy atom. The van der Waals surface area contributed by atoms with Crippen LogP contribution in [0.15, 0.2) is 41.3 Å². The number of hydrogen-bond acceptors (Lipinski definition) is 6. The molecule has 30 heavy (non-hydrogen) atoms. The smallest absolute Gasteiger partial charge is 0.265 e. The monoisotopic (exact) mass is 463 g/mol. The molecule has 0 spiro atoms. The number of nitrogens with zero attached hydrogens (tertiary/aromatic N) is 1. The lowest BCUT2D eigenvalue weighted by molar-refractivity contribution is -0.121. The summed E-state index contributed by atoms with van der Waals surface area (Å²) in [7, 11) is 1.66. The Balaban J connectivity index is 1.73. The fraction of sp³-hybridized carbons (Fsp3) is 0.273. The minimum atomic E-state index is -0.132. The number of benzene rings is 2. The zero-order valence-electron chi connectivity index (χ0n) is 16.9. The molecular formula is C22H22ClNO4S2. The van der Waals surface area contributed by atoms with Gasteiger partial charge in [-0.15, -0.1) is 0 Å². The van der Waals surface area contributed by atoms with Crippen LogP contribution in [0.1, 0.15) is 18.1 Å². The molecule has 5 nitrogen and oxygen atoms in total. The van der Waals surface area contributed by atoms with Gasteiger partial charge in [0.05, 0.1) is 16.5 Å². The number of carbonyl (C=O) groups excluding carboxylic acids is 1. The van der Waals surface area contributed by atoms with Crippen LogP contribution in [-0.2, 0) is 4.79 Å². The summed E-state index contributed by atoms with van der Waals surface area (Å²) in [4.78, 5) is 14.2. The summed E-state index contributed by atoms with van der Waals surface area (Å²) in [5.41, 5.74) is 1.80. The predicted octanol–water partition coefficient (Wildman–Crippen LogP) is 5.34. The van der Waals surface area contributed by atoms with Gasteiger partial charge in [-0.2, -0.15) is 0 Å². The molecule has 1 fully saturated rings. The van der Waals surface area contributed by atoms with Crippen LogP contribution in [0.3, 0.4) is 0 Å². The van der Waals surface area contributed by atoms with Crippen LogP contribution in [0.4, 0.5) is 0 Å². The zero-order chi connectivity index (χ0) is 21.7. The van der Waals surface area contributed by atoms with Crippen molar-refractivity contribution in [3.05, 3.63) is 57.5 Å². The second kappa shape index (κ2) is 10.2. The molecule has 0 bridgehead atoms. The third-order valence-corrected chi connectivity index (χ3v) is 6.06. The van der Waals surface area contributed by atoms with Gasteiger partial charge in [-0.25, -0.2) is 0 Å². The SMILES string of the molecule is CCOc1cc(/C=C2/SC(=S)N(C)C2=O)cc(Cl)c1OCCOc1ccccc1C. The highest BCUT2D eigenvalue weighted by atomic mass is 35.5. The number of rotatable bonds is 8. The van der Waals surface area contributed by atoms with Crippen LogP contribution in [0.5, 0.6) is 17.2 Å². The molecule has 1 aliphatic rings. The van der Waals surface area contributed by atoms with Crippen LogP contribution < -0.4 is 14.2 Å². The first kappa shape index (κ1) is 22.5. The lowest BCUT2D eigenvalue weighted by Crippen LogP contribution is -2.22. The second-order valence-electron chi connectivity index (χ2n) is 6.47. The van der Waals surface area contributed by atoms with Crippen molar-refractivity contribution in [1.82, 2.24) is 4.90 Å². The van der Waals surface area contributed by atoms with E-state index < -0.39 is 0 Å². The molecule has 0 aromatic heterocycles. The van der Waals surface area contributed by atoms with Crippen molar-refractivity contribution in [2.45, 2.75) is 13.8 Å². The molecule has 158 valence electrons. The average Bonchev–Trinajstić information content (AvgIpc) is 2.95. The van der Waals surface area contributed by atoms with E-state index in [9.17, 15) is 4.79 Å². The Labute approximate surface area is 190 Å². The van der Waals surface area contributed by atoms with E-state index in [2.05, 4.69) is 0 Å². The molecule has 3 rings (SSSR count). The van der Waals surface area contributed by atoms with E-state index in [0.717, 1.165) is 16.9 Å². The molecule has 0 saturated carbocycles. The molecule has 1 heterocycles. The summed E-state index contributed by atoms with van der Waals surface area (Å²) in [5, 5.41) is 0.398. The first-order chi connectivity index (χ1) is 14.4. The number of aryl methyl sites for hydroxylation is 1.